The molecule has 64 valence electrons. The van der Waals surface area contributed by atoms with E-state index in [1.807, 2.05) is 18.2 Å². The molecule has 0 fully saturated rings. The number of benzene rings is 1. The van der Waals surface area contributed by atoms with Crippen molar-refractivity contribution in [2.45, 2.75) is 20.3 Å². The van der Waals surface area contributed by atoms with Crippen molar-refractivity contribution in [1.82, 2.24) is 0 Å². The molecule has 1 aromatic carbocycles. The topological polar surface area (TPSA) is 0 Å². The molecule has 0 heterocycles. The molecule has 0 aliphatic carbocycles. The molecular weight excluding hydrogens is 168 g/mol. The third-order valence-corrected chi connectivity index (χ3v) is 2.08. The summed E-state index contributed by atoms with van der Waals surface area (Å²) in [5.41, 5.74) is 2.36. The van der Waals surface area contributed by atoms with Crippen molar-refractivity contribution in [2.24, 2.45) is 0 Å². The van der Waals surface area contributed by atoms with Crippen LogP contribution >= 0.6 is 11.6 Å². The second kappa shape index (κ2) is 4.32. The van der Waals surface area contributed by atoms with Gasteiger partial charge in [0.15, 0.2) is 0 Å². The van der Waals surface area contributed by atoms with Gasteiger partial charge in [0, 0.05) is 5.03 Å². The first-order valence-electron chi connectivity index (χ1n) is 4.16. The van der Waals surface area contributed by atoms with E-state index in [2.05, 4.69) is 26.0 Å². The van der Waals surface area contributed by atoms with Crippen LogP contribution in [0.25, 0.3) is 5.03 Å². The smallest absolute Gasteiger partial charge is 0.0438 e. The third kappa shape index (κ3) is 2.38. The highest BCUT2D eigenvalue weighted by atomic mass is 35.5. The zero-order chi connectivity index (χ0) is 8.97. The minimum Gasteiger partial charge on any atom is -0.0840 e. The summed E-state index contributed by atoms with van der Waals surface area (Å²) in [6.07, 6.45) is 3.00. The predicted octanol–water partition coefficient (Wildman–Crippen LogP) is 3.98. The van der Waals surface area contributed by atoms with Crippen LogP contribution in [-0.2, 0) is 0 Å². The van der Waals surface area contributed by atoms with Crippen molar-refractivity contribution in [3.8, 4) is 0 Å². The quantitative estimate of drug-likeness (QED) is 0.646. The zero-order valence-corrected chi connectivity index (χ0v) is 8.23. The lowest BCUT2D eigenvalue weighted by atomic mass is 10.1. The van der Waals surface area contributed by atoms with Crippen LogP contribution in [0, 0.1) is 6.92 Å². The van der Waals surface area contributed by atoms with Crippen molar-refractivity contribution in [3.63, 3.8) is 0 Å². The number of hydrogen-bond acceptors (Lipinski definition) is 0. The van der Waals surface area contributed by atoms with Crippen LogP contribution in [0.5, 0.6) is 0 Å². The number of allylic oxidation sites excluding steroid dienone is 1. The van der Waals surface area contributed by atoms with Crippen LogP contribution in [-0.4, -0.2) is 0 Å². The largest absolute Gasteiger partial charge is 0.0840 e. The predicted molar refractivity (Wildman–Crippen MR) is 55.3 cm³/mol. The number of aryl methyl sites for hydroxylation is 1. The van der Waals surface area contributed by atoms with E-state index in [-0.39, 0.29) is 0 Å². The van der Waals surface area contributed by atoms with Gasteiger partial charge in [-0.3, -0.25) is 0 Å². The van der Waals surface area contributed by atoms with Gasteiger partial charge in [-0.1, -0.05) is 54.4 Å². The van der Waals surface area contributed by atoms with E-state index in [0.717, 1.165) is 17.0 Å². The molecule has 1 rings (SSSR count). The van der Waals surface area contributed by atoms with E-state index in [4.69, 9.17) is 11.6 Å². The Morgan fingerprint density at radius 3 is 2.42 bits per heavy atom. The summed E-state index contributed by atoms with van der Waals surface area (Å²) in [4.78, 5) is 0. The van der Waals surface area contributed by atoms with Crippen LogP contribution in [0.15, 0.2) is 30.3 Å². The van der Waals surface area contributed by atoms with Gasteiger partial charge in [-0.2, -0.15) is 0 Å². The highest BCUT2D eigenvalue weighted by Crippen LogP contribution is 2.19. The van der Waals surface area contributed by atoms with Gasteiger partial charge < -0.3 is 0 Å². The molecule has 0 N–H and O–H groups in total. The second-order valence-electron chi connectivity index (χ2n) is 2.83. The lowest BCUT2D eigenvalue weighted by Gasteiger charge is -1.98. The molecule has 1 aromatic rings. The van der Waals surface area contributed by atoms with Gasteiger partial charge >= 0.3 is 0 Å². The van der Waals surface area contributed by atoms with Crippen molar-refractivity contribution in [2.75, 3.05) is 0 Å². The summed E-state index contributed by atoms with van der Waals surface area (Å²) in [5, 5.41) is 0.845. The fourth-order valence-corrected chi connectivity index (χ4v) is 1.29. The second-order valence-corrected chi connectivity index (χ2v) is 3.23. The van der Waals surface area contributed by atoms with Gasteiger partial charge in [0.05, 0.1) is 0 Å². The van der Waals surface area contributed by atoms with Gasteiger partial charge in [-0.05, 0) is 18.9 Å². The maximum Gasteiger partial charge on any atom is 0.0438 e. The lowest BCUT2D eigenvalue weighted by Crippen LogP contribution is -1.77. The highest BCUT2D eigenvalue weighted by molar-refractivity contribution is 6.48. The first-order chi connectivity index (χ1) is 5.74. The molecule has 0 aliphatic rings. The standard InChI is InChI=1S/C11H13Cl/c1-3-4-11(12)10-7-5-9(2)6-8-10/h4-8H,3H2,1-2H3/b11-4-. The number of rotatable bonds is 2. The third-order valence-electron chi connectivity index (χ3n) is 1.71. The Balaban J connectivity index is 2.89. The molecule has 0 bridgehead atoms. The van der Waals surface area contributed by atoms with Crippen molar-refractivity contribution < 1.29 is 0 Å². The summed E-state index contributed by atoms with van der Waals surface area (Å²) >= 11 is 6.02. The van der Waals surface area contributed by atoms with E-state index in [9.17, 15) is 0 Å². The summed E-state index contributed by atoms with van der Waals surface area (Å²) in [6, 6.07) is 8.23. The van der Waals surface area contributed by atoms with Crippen LogP contribution in [0.4, 0.5) is 0 Å². The Hall–Kier alpha value is -0.750. The summed E-state index contributed by atoms with van der Waals surface area (Å²) < 4.78 is 0. The van der Waals surface area contributed by atoms with Gasteiger partial charge in [0.2, 0.25) is 0 Å². The van der Waals surface area contributed by atoms with E-state index >= 15 is 0 Å². The summed E-state index contributed by atoms with van der Waals surface area (Å²) in [5.74, 6) is 0. The lowest BCUT2D eigenvalue weighted by molar-refractivity contribution is 1.23. The Morgan fingerprint density at radius 1 is 1.33 bits per heavy atom. The number of halogens is 1. The molecular formula is C11H13Cl. The van der Waals surface area contributed by atoms with Crippen molar-refractivity contribution in [1.29, 1.82) is 0 Å². The maximum atomic E-state index is 6.02. The molecule has 0 amide bonds. The average molecular weight is 181 g/mol. The normalized spacial score (nSPS) is 11.8. The van der Waals surface area contributed by atoms with Gasteiger partial charge in [-0.25, -0.2) is 0 Å². The Bertz CT molecular complexity index is 270. The van der Waals surface area contributed by atoms with Gasteiger partial charge in [0.25, 0.3) is 0 Å². The molecule has 0 saturated heterocycles. The highest BCUT2D eigenvalue weighted by Gasteiger charge is 1.94. The fourth-order valence-electron chi connectivity index (χ4n) is 1.01. The molecule has 0 saturated carbocycles. The average Bonchev–Trinajstić information content (AvgIpc) is 2.06. The molecule has 0 atom stereocenters. The summed E-state index contributed by atoms with van der Waals surface area (Å²) in [6.45, 7) is 4.15. The van der Waals surface area contributed by atoms with Crippen molar-refractivity contribution in [3.05, 3.63) is 41.5 Å². The van der Waals surface area contributed by atoms with Crippen LogP contribution in [0.2, 0.25) is 0 Å². The molecule has 0 aliphatic heterocycles. The van der Waals surface area contributed by atoms with E-state index in [0.29, 0.717) is 0 Å². The SMILES string of the molecule is CC/C=C(\Cl)c1ccc(C)cc1. The molecule has 0 aromatic heterocycles. The van der Waals surface area contributed by atoms with Crippen LogP contribution < -0.4 is 0 Å². The van der Waals surface area contributed by atoms with Crippen molar-refractivity contribution >= 4 is 16.6 Å². The molecule has 1 heteroatoms. The van der Waals surface area contributed by atoms with Gasteiger partial charge in [-0.15, -0.1) is 0 Å². The first-order valence-corrected chi connectivity index (χ1v) is 4.54. The first kappa shape index (κ1) is 9.34. The molecule has 0 spiro atoms. The van der Waals surface area contributed by atoms with Crippen LogP contribution in [0.3, 0.4) is 0 Å². The van der Waals surface area contributed by atoms with Gasteiger partial charge in [0.1, 0.15) is 0 Å². The fraction of sp³-hybridized carbons (Fsp3) is 0.273. The molecule has 12 heavy (non-hydrogen) atoms. The minimum atomic E-state index is 0.845. The zero-order valence-electron chi connectivity index (χ0n) is 7.47. The molecule has 0 nitrogen and oxygen atoms in total. The summed E-state index contributed by atoms with van der Waals surface area (Å²) in [7, 11) is 0. The molecule has 0 radical (unpaired) electrons. The Kier molecular flexibility index (Phi) is 3.36. The number of hydrogen-bond donors (Lipinski definition) is 0. The minimum absolute atomic E-state index is 0.845. The molecule has 0 unspecified atom stereocenters. The maximum absolute atomic E-state index is 6.02. The van der Waals surface area contributed by atoms with E-state index in [1.54, 1.807) is 0 Å². The monoisotopic (exact) mass is 180 g/mol. The van der Waals surface area contributed by atoms with E-state index in [1.165, 1.54) is 5.56 Å². The Labute approximate surface area is 78.9 Å². The Morgan fingerprint density at radius 2 is 1.92 bits per heavy atom. The van der Waals surface area contributed by atoms with E-state index < -0.39 is 0 Å². The van der Waals surface area contributed by atoms with Crippen LogP contribution in [0.1, 0.15) is 24.5 Å².